The van der Waals surface area contributed by atoms with Crippen LogP contribution < -0.4 is 27.4 Å². The van der Waals surface area contributed by atoms with E-state index in [1.54, 1.807) is 0 Å². The second kappa shape index (κ2) is 12.7. The molecule has 0 fully saturated rings. The molecule has 0 heterocycles. The molecule has 0 aromatic carbocycles. The second-order valence-electron chi connectivity index (χ2n) is 6.50. The Hall–Kier alpha value is -3.75. The molecule has 4 unspecified atom stereocenters. The Balaban J connectivity index is 5.09. The van der Waals surface area contributed by atoms with E-state index in [0.717, 1.165) is 6.92 Å². The van der Waals surface area contributed by atoms with Gasteiger partial charge in [0, 0.05) is 6.42 Å². The van der Waals surface area contributed by atoms with Gasteiger partial charge >= 0.3 is 17.9 Å². The van der Waals surface area contributed by atoms with Gasteiger partial charge in [0.1, 0.15) is 18.1 Å². The Bertz CT molecular complexity index is 740. The third-order valence-corrected chi connectivity index (χ3v) is 3.78. The van der Waals surface area contributed by atoms with E-state index in [0.29, 0.717) is 0 Å². The van der Waals surface area contributed by atoms with Crippen LogP contribution in [0.1, 0.15) is 32.6 Å². The number of primary amides is 1. The first-order chi connectivity index (χ1) is 14.2. The van der Waals surface area contributed by atoms with Gasteiger partial charge in [-0.25, -0.2) is 4.79 Å². The van der Waals surface area contributed by atoms with Gasteiger partial charge in [0.2, 0.25) is 23.6 Å². The molecular weight excluding hydrogens is 422 g/mol. The van der Waals surface area contributed by atoms with Crippen molar-refractivity contribution in [2.24, 2.45) is 11.5 Å². The zero-order chi connectivity index (χ0) is 24.3. The number of carbonyl (C=O) groups excluding carboxylic acids is 4. The fourth-order valence-corrected chi connectivity index (χ4v) is 2.17. The van der Waals surface area contributed by atoms with E-state index < -0.39 is 91.4 Å². The molecular formula is C16H25N5O10. The van der Waals surface area contributed by atoms with Gasteiger partial charge < -0.3 is 42.7 Å². The Morgan fingerprint density at radius 2 is 1.32 bits per heavy atom. The van der Waals surface area contributed by atoms with Crippen molar-refractivity contribution in [2.45, 2.75) is 56.8 Å². The van der Waals surface area contributed by atoms with Crippen LogP contribution in [0, 0.1) is 0 Å². The van der Waals surface area contributed by atoms with Crippen LogP contribution in [0.4, 0.5) is 0 Å². The van der Waals surface area contributed by atoms with E-state index in [1.807, 2.05) is 10.6 Å². The Labute approximate surface area is 175 Å². The average molecular weight is 447 g/mol. The predicted molar refractivity (Wildman–Crippen MR) is 100 cm³/mol. The molecule has 31 heavy (non-hydrogen) atoms. The van der Waals surface area contributed by atoms with Crippen molar-refractivity contribution < 1.29 is 48.9 Å². The van der Waals surface area contributed by atoms with Gasteiger partial charge in [0.05, 0.1) is 18.9 Å². The highest BCUT2D eigenvalue weighted by Crippen LogP contribution is 2.01. The van der Waals surface area contributed by atoms with E-state index in [-0.39, 0.29) is 0 Å². The number of hydrogen-bond donors (Lipinski definition) is 8. The Morgan fingerprint density at radius 3 is 1.77 bits per heavy atom. The fraction of sp³-hybridized carbons (Fsp3) is 0.562. The van der Waals surface area contributed by atoms with Crippen LogP contribution in [0.15, 0.2) is 0 Å². The summed E-state index contributed by atoms with van der Waals surface area (Å²) in [6.45, 7) is 1.15. The average Bonchev–Trinajstić information content (AvgIpc) is 2.62. The van der Waals surface area contributed by atoms with Gasteiger partial charge in [-0.1, -0.05) is 0 Å². The van der Waals surface area contributed by atoms with E-state index in [9.17, 15) is 33.6 Å². The molecule has 0 saturated heterocycles. The van der Waals surface area contributed by atoms with Gasteiger partial charge in [0.15, 0.2) is 0 Å². The van der Waals surface area contributed by atoms with Gasteiger partial charge in [-0.3, -0.25) is 28.8 Å². The van der Waals surface area contributed by atoms with Crippen LogP contribution >= 0.6 is 0 Å². The van der Waals surface area contributed by atoms with Gasteiger partial charge in [-0.2, -0.15) is 0 Å². The van der Waals surface area contributed by atoms with Crippen molar-refractivity contribution in [3.8, 4) is 0 Å². The highest BCUT2D eigenvalue weighted by Gasteiger charge is 2.30. The molecule has 0 bridgehead atoms. The first kappa shape index (κ1) is 27.2. The summed E-state index contributed by atoms with van der Waals surface area (Å²) >= 11 is 0. The molecule has 0 rings (SSSR count). The van der Waals surface area contributed by atoms with Crippen molar-refractivity contribution in [3.05, 3.63) is 0 Å². The molecule has 174 valence electrons. The number of hydrogen-bond acceptors (Lipinski definition) is 8. The summed E-state index contributed by atoms with van der Waals surface area (Å²) in [4.78, 5) is 79.9. The second-order valence-corrected chi connectivity index (χ2v) is 6.50. The molecule has 15 nitrogen and oxygen atoms in total. The molecule has 0 aromatic rings. The van der Waals surface area contributed by atoms with Crippen LogP contribution in [0.25, 0.3) is 0 Å². The SMILES string of the molecule is CC(NC(=O)C(CC(=O)O)NC(=O)C(N)CC(N)=O)C(=O)NC(CCC(=O)O)C(=O)O. The predicted octanol–water partition coefficient (Wildman–Crippen LogP) is -3.91. The van der Waals surface area contributed by atoms with Crippen LogP contribution in [0.2, 0.25) is 0 Å². The molecule has 0 radical (unpaired) electrons. The highest BCUT2D eigenvalue weighted by atomic mass is 16.4. The molecule has 10 N–H and O–H groups in total. The summed E-state index contributed by atoms with van der Waals surface area (Å²) in [6, 6.07) is -6.01. The normalized spacial score (nSPS) is 14.3. The maximum atomic E-state index is 12.3. The van der Waals surface area contributed by atoms with Gasteiger partial charge in [-0.15, -0.1) is 0 Å². The summed E-state index contributed by atoms with van der Waals surface area (Å²) in [7, 11) is 0. The summed E-state index contributed by atoms with van der Waals surface area (Å²) in [5.74, 6) is -8.25. The molecule has 0 aliphatic heterocycles. The molecule has 0 aliphatic rings. The number of nitrogens with one attached hydrogen (secondary N) is 3. The minimum Gasteiger partial charge on any atom is -0.481 e. The third kappa shape index (κ3) is 11.1. The summed E-state index contributed by atoms with van der Waals surface area (Å²) in [6.07, 6.45) is -2.38. The summed E-state index contributed by atoms with van der Waals surface area (Å²) in [5.41, 5.74) is 10.3. The fourth-order valence-electron chi connectivity index (χ4n) is 2.17. The molecule has 4 atom stereocenters. The quantitative estimate of drug-likeness (QED) is 0.127. The van der Waals surface area contributed by atoms with Crippen molar-refractivity contribution in [2.75, 3.05) is 0 Å². The summed E-state index contributed by atoms with van der Waals surface area (Å²) < 4.78 is 0. The molecule has 4 amide bonds. The van der Waals surface area contributed by atoms with Crippen LogP contribution in [0.3, 0.4) is 0 Å². The molecule has 0 spiro atoms. The van der Waals surface area contributed by atoms with E-state index in [2.05, 4.69) is 5.32 Å². The number of carboxylic acids is 3. The number of carbonyl (C=O) groups is 7. The van der Waals surface area contributed by atoms with Gasteiger partial charge in [0.25, 0.3) is 0 Å². The first-order valence-corrected chi connectivity index (χ1v) is 8.86. The van der Waals surface area contributed by atoms with Crippen molar-refractivity contribution in [1.82, 2.24) is 16.0 Å². The zero-order valence-corrected chi connectivity index (χ0v) is 16.5. The lowest BCUT2D eigenvalue weighted by Gasteiger charge is -2.22. The Kier molecular flexibility index (Phi) is 11.2. The molecule has 0 saturated carbocycles. The summed E-state index contributed by atoms with van der Waals surface area (Å²) in [5, 5.41) is 32.8. The van der Waals surface area contributed by atoms with Gasteiger partial charge in [-0.05, 0) is 13.3 Å². The number of nitrogens with two attached hydrogens (primary N) is 2. The lowest BCUT2D eigenvalue weighted by Crippen LogP contribution is -2.57. The van der Waals surface area contributed by atoms with E-state index >= 15 is 0 Å². The zero-order valence-electron chi connectivity index (χ0n) is 16.5. The number of carboxylic acid groups (broad SMARTS) is 3. The van der Waals surface area contributed by atoms with Crippen LogP contribution in [-0.2, 0) is 33.6 Å². The minimum absolute atomic E-state index is 0.410. The van der Waals surface area contributed by atoms with Crippen LogP contribution in [0.5, 0.6) is 0 Å². The third-order valence-electron chi connectivity index (χ3n) is 3.78. The molecule has 15 heteroatoms. The van der Waals surface area contributed by atoms with E-state index in [4.69, 9.17) is 26.8 Å². The lowest BCUT2D eigenvalue weighted by atomic mass is 10.1. The Morgan fingerprint density at radius 1 is 0.774 bits per heavy atom. The van der Waals surface area contributed by atoms with Crippen molar-refractivity contribution in [1.29, 1.82) is 0 Å². The monoisotopic (exact) mass is 447 g/mol. The lowest BCUT2D eigenvalue weighted by molar-refractivity contribution is -0.144. The molecule has 0 aromatic heterocycles. The maximum Gasteiger partial charge on any atom is 0.326 e. The minimum atomic E-state index is -1.67. The molecule has 0 aliphatic carbocycles. The smallest absolute Gasteiger partial charge is 0.326 e. The largest absolute Gasteiger partial charge is 0.481 e. The highest BCUT2D eigenvalue weighted by molar-refractivity contribution is 5.96. The topological polar surface area (TPSA) is 268 Å². The maximum absolute atomic E-state index is 12.3. The van der Waals surface area contributed by atoms with Crippen LogP contribution in [-0.4, -0.2) is 81.0 Å². The van der Waals surface area contributed by atoms with E-state index in [1.165, 1.54) is 0 Å². The standard InChI is InChI=1S/C16H25N5O10/c1-6(13(27)20-8(16(30)31)2-3-11(23)24)19-15(29)9(5-12(25)26)21-14(28)7(17)4-10(18)22/h6-9H,2-5,17H2,1H3,(H2,18,22)(H,19,29)(H,20,27)(H,21,28)(H,23,24)(H,25,26)(H,30,31). The first-order valence-electron chi connectivity index (χ1n) is 8.86. The number of amides is 4. The number of rotatable bonds is 14. The number of aliphatic carboxylic acids is 3. The van der Waals surface area contributed by atoms with Crippen molar-refractivity contribution in [3.63, 3.8) is 0 Å². The van der Waals surface area contributed by atoms with Crippen molar-refractivity contribution >= 4 is 41.5 Å².